The van der Waals surface area contributed by atoms with Gasteiger partial charge >= 0.3 is 5.97 Å². The fraction of sp³-hybridized carbons (Fsp3) is 0.125. The normalized spacial score (nSPS) is 11.9. The molecule has 4 rings (SSSR count). The first-order chi connectivity index (χ1) is 15.1. The van der Waals surface area contributed by atoms with Gasteiger partial charge in [0.15, 0.2) is 5.16 Å². The van der Waals surface area contributed by atoms with Crippen LogP contribution in [0.15, 0.2) is 88.8 Å². The highest BCUT2D eigenvalue weighted by atomic mass is 35.5. The third-order valence-corrected chi connectivity index (χ3v) is 6.17. The molecule has 4 aromatic rings. The Morgan fingerprint density at radius 1 is 1.03 bits per heavy atom. The lowest BCUT2D eigenvalue weighted by Crippen LogP contribution is -2.23. The number of thioether (sulfide) groups is 1. The molecule has 1 atom stereocenters. The van der Waals surface area contributed by atoms with Gasteiger partial charge in [-0.3, -0.25) is 14.2 Å². The third kappa shape index (κ3) is 4.36. The molecule has 5 nitrogen and oxygen atoms in total. The van der Waals surface area contributed by atoms with E-state index in [4.69, 9.17) is 21.3 Å². The molecule has 0 spiro atoms. The van der Waals surface area contributed by atoms with E-state index in [-0.39, 0.29) is 12.2 Å². The average Bonchev–Trinajstić information content (AvgIpc) is 2.79. The van der Waals surface area contributed by atoms with Crippen molar-refractivity contribution >= 4 is 40.2 Å². The minimum absolute atomic E-state index is 0.253. The van der Waals surface area contributed by atoms with Crippen molar-refractivity contribution in [3.05, 3.63) is 99.8 Å². The highest BCUT2D eigenvalue weighted by molar-refractivity contribution is 8.00. The molecule has 31 heavy (non-hydrogen) atoms. The minimum atomic E-state index is -0.692. The predicted octanol–water partition coefficient (Wildman–Crippen LogP) is 5.44. The molecule has 7 heteroatoms. The summed E-state index contributed by atoms with van der Waals surface area (Å²) in [6.07, 6.45) is 0. The molecule has 0 bridgehead atoms. The largest absolute Gasteiger partial charge is 0.465 e. The summed E-state index contributed by atoms with van der Waals surface area (Å²) in [5.41, 5.74) is 1.57. The van der Waals surface area contributed by atoms with Gasteiger partial charge in [-0.05, 0) is 36.8 Å². The molecule has 1 heterocycles. The number of rotatable bonds is 6. The van der Waals surface area contributed by atoms with Gasteiger partial charge in [0.1, 0.15) is 5.25 Å². The molecule has 0 amide bonds. The summed E-state index contributed by atoms with van der Waals surface area (Å²) in [7, 11) is 0. The zero-order valence-corrected chi connectivity index (χ0v) is 18.3. The van der Waals surface area contributed by atoms with Crippen molar-refractivity contribution in [2.24, 2.45) is 0 Å². The van der Waals surface area contributed by atoms with Gasteiger partial charge in [0.25, 0.3) is 5.56 Å². The number of para-hydroxylation sites is 2. The van der Waals surface area contributed by atoms with E-state index < -0.39 is 11.2 Å². The van der Waals surface area contributed by atoms with E-state index in [1.54, 1.807) is 49.4 Å². The minimum Gasteiger partial charge on any atom is -0.465 e. The second-order valence-electron chi connectivity index (χ2n) is 6.66. The number of halogens is 1. The van der Waals surface area contributed by atoms with Crippen molar-refractivity contribution in [2.45, 2.75) is 17.3 Å². The summed E-state index contributed by atoms with van der Waals surface area (Å²) in [6.45, 7) is 2.02. The third-order valence-electron chi connectivity index (χ3n) is 4.66. The lowest BCUT2D eigenvalue weighted by atomic mass is 10.1. The van der Waals surface area contributed by atoms with Crippen LogP contribution in [-0.2, 0) is 9.53 Å². The van der Waals surface area contributed by atoms with Crippen molar-refractivity contribution in [2.75, 3.05) is 6.61 Å². The standard InChI is InChI=1S/C24H19ClN2O3S/c1-2-30-23(29)21(16-10-4-3-5-11-16)31-24-26-19-14-8-6-12-17(19)22(28)27(24)20-15-9-7-13-18(20)25/h3-15,21H,2H2,1H3. The Balaban J connectivity index is 1.93. The van der Waals surface area contributed by atoms with Crippen molar-refractivity contribution in [3.63, 3.8) is 0 Å². The molecule has 0 aliphatic heterocycles. The van der Waals surface area contributed by atoms with Crippen molar-refractivity contribution in [1.29, 1.82) is 0 Å². The maximum atomic E-state index is 13.5. The maximum Gasteiger partial charge on any atom is 0.324 e. The lowest BCUT2D eigenvalue weighted by molar-refractivity contribution is -0.142. The van der Waals surface area contributed by atoms with Crippen molar-refractivity contribution in [1.82, 2.24) is 9.55 Å². The molecular formula is C24H19ClN2O3S. The van der Waals surface area contributed by atoms with Crippen LogP contribution in [0.3, 0.4) is 0 Å². The van der Waals surface area contributed by atoms with Crippen LogP contribution in [0.1, 0.15) is 17.7 Å². The van der Waals surface area contributed by atoms with Gasteiger partial charge in [0.2, 0.25) is 0 Å². The first-order valence-corrected chi connectivity index (χ1v) is 11.0. The van der Waals surface area contributed by atoms with E-state index in [1.807, 2.05) is 36.4 Å². The topological polar surface area (TPSA) is 61.2 Å². The van der Waals surface area contributed by atoms with Crippen molar-refractivity contribution < 1.29 is 9.53 Å². The summed E-state index contributed by atoms with van der Waals surface area (Å²) in [6, 6.07) is 23.5. The van der Waals surface area contributed by atoms with Crippen LogP contribution in [0.2, 0.25) is 5.02 Å². The summed E-state index contributed by atoms with van der Waals surface area (Å²) < 4.78 is 6.78. The molecule has 1 aromatic heterocycles. The summed E-state index contributed by atoms with van der Waals surface area (Å²) >= 11 is 7.60. The maximum absolute atomic E-state index is 13.5. The van der Waals surface area contributed by atoms with Gasteiger partial charge in [-0.1, -0.05) is 78.0 Å². The van der Waals surface area contributed by atoms with Crippen LogP contribution in [0, 0.1) is 0 Å². The number of benzene rings is 3. The van der Waals surface area contributed by atoms with Crippen LogP contribution >= 0.6 is 23.4 Å². The van der Waals surface area contributed by atoms with E-state index in [2.05, 4.69) is 0 Å². The summed E-state index contributed by atoms with van der Waals surface area (Å²) in [4.78, 5) is 31.0. The van der Waals surface area contributed by atoms with Crippen LogP contribution in [0.5, 0.6) is 0 Å². The number of hydrogen-bond donors (Lipinski definition) is 0. The molecule has 0 radical (unpaired) electrons. The Morgan fingerprint density at radius 3 is 2.45 bits per heavy atom. The van der Waals surface area contributed by atoms with E-state index >= 15 is 0 Å². The lowest BCUT2D eigenvalue weighted by Gasteiger charge is -2.19. The van der Waals surface area contributed by atoms with Crippen molar-refractivity contribution in [3.8, 4) is 5.69 Å². The second kappa shape index (κ2) is 9.37. The van der Waals surface area contributed by atoms with Gasteiger partial charge in [0, 0.05) is 0 Å². The zero-order valence-electron chi connectivity index (χ0n) is 16.7. The average molecular weight is 451 g/mol. The van der Waals surface area contributed by atoms with E-state index in [9.17, 15) is 9.59 Å². The van der Waals surface area contributed by atoms with E-state index in [0.717, 1.165) is 5.56 Å². The SMILES string of the molecule is CCOC(=O)C(Sc1nc2ccccc2c(=O)n1-c1ccccc1Cl)c1ccccc1. The van der Waals surface area contributed by atoms with Gasteiger partial charge < -0.3 is 4.74 Å². The molecule has 0 saturated heterocycles. The first kappa shape index (κ1) is 21.2. The van der Waals surface area contributed by atoms with Crippen LogP contribution < -0.4 is 5.56 Å². The monoisotopic (exact) mass is 450 g/mol. The highest BCUT2D eigenvalue weighted by Gasteiger charge is 2.27. The van der Waals surface area contributed by atoms with Gasteiger partial charge in [0.05, 0.1) is 28.2 Å². The number of carbonyl (C=O) groups is 1. The Kier molecular flexibility index (Phi) is 6.39. The number of esters is 1. The Morgan fingerprint density at radius 2 is 1.71 bits per heavy atom. The molecule has 3 aromatic carbocycles. The number of hydrogen-bond acceptors (Lipinski definition) is 5. The number of ether oxygens (including phenoxy) is 1. The number of carbonyl (C=O) groups excluding carboxylic acids is 1. The fourth-order valence-corrected chi connectivity index (χ4v) is 4.57. The van der Waals surface area contributed by atoms with Gasteiger partial charge in [-0.2, -0.15) is 0 Å². The second-order valence-corrected chi connectivity index (χ2v) is 8.14. The smallest absolute Gasteiger partial charge is 0.324 e. The number of nitrogens with zero attached hydrogens (tertiary/aromatic N) is 2. The van der Waals surface area contributed by atoms with Crippen LogP contribution in [0.25, 0.3) is 16.6 Å². The Hall–Kier alpha value is -3.09. The highest BCUT2D eigenvalue weighted by Crippen LogP contribution is 2.37. The zero-order chi connectivity index (χ0) is 21.8. The molecule has 0 aliphatic rings. The summed E-state index contributed by atoms with van der Waals surface area (Å²) in [5, 5.41) is 0.553. The molecule has 0 saturated carbocycles. The van der Waals surface area contributed by atoms with E-state index in [1.165, 1.54) is 16.3 Å². The van der Waals surface area contributed by atoms with Crippen LogP contribution in [0.4, 0.5) is 0 Å². The molecule has 0 N–H and O–H groups in total. The number of fused-ring (bicyclic) bond motifs is 1. The fourth-order valence-electron chi connectivity index (χ4n) is 3.24. The molecular weight excluding hydrogens is 432 g/mol. The van der Waals surface area contributed by atoms with Gasteiger partial charge in [-0.25, -0.2) is 4.98 Å². The molecule has 156 valence electrons. The van der Waals surface area contributed by atoms with Gasteiger partial charge in [-0.15, -0.1) is 0 Å². The Bertz CT molecular complexity index is 1290. The summed E-state index contributed by atoms with van der Waals surface area (Å²) in [5.74, 6) is -0.396. The predicted molar refractivity (Wildman–Crippen MR) is 124 cm³/mol. The first-order valence-electron chi connectivity index (χ1n) is 9.75. The molecule has 0 fully saturated rings. The van der Waals surface area contributed by atoms with Crippen LogP contribution in [-0.4, -0.2) is 22.1 Å². The number of aromatic nitrogens is 2. The van der Waals surface area contributed by atoms with E-state index in [0.29, 0.717) is 26.8 Å². The Labute approximate surface area is 188 Å². The molecule has 0 aliphatic carbocycles. The quantitative estimate of drug-likeness (QED) is 0.222. The molecule has 1 unspecified atom stereocenters.